The van der Waals surface area contributed by atoms with E-state index in [9.17, 15) is 13.6 Å². The number of methoxy groups -OCH3 is 1. The Morgan fingerprint density at radius 1 is 1.69 bits per heavy atom. The van der Waals surface area contributed by atoms with Gasteiger partial charge in [-0.2, -0.15) is 0 Å². The summed E-state index contributed by atoms with van der Waals surface area (Å²) < 4.78 is 29.8. The van der Waals surface area contributed by atoms with Crippen LogP contribution in [0.1, 0.15) is 28.0 Å². The standard InChI is InChI=1S/C9H9ClF2N2O2/c1-16-9(15)7-5(8(11)12)6(13)4(2-10)3-14-7/h3,8H,2H2,1H3,(H2,13,14). The molecule has 0 spiro atoms. The van der Waals surface area contributed by atoms with Gasteiger partial charge in [-0.1, -0.05) is 0 Å². The minimum absolute atomic E-state index is 0.0555. The summed E-state index contributed by atoms with van der Waals surface area (Å²) in [6, 6.07) is 0. The minimum atomic E-state index is -2.91. The van der Waals surface area contributed by atoms with Crippen molar-refractivity contribution in [2.45, 2.75) is 12.3 Å². The topological polar surface area (TPSA) is 65.2 Å². The molecule has 0 atom stereocenters. The Balaban J connectivity index is 3.40. The van der Waals surface area contributed by atoms with Gasteiger partial charge in [-0.05, 0) is 0 Å². The highest BCUT2D eigenvalue weighted by Crippen LogP contribution is 2.30. The molecular formula is C9H9ClF2N2O2. The summed E-state index contributed by atoms with van der Waals surface area (Å²) in [5.41, 5.74) is 4.39. The van der Waals surface area contributed by atoms with Crippen molar-refractivity contribution in [2.24, 2.45) is 0 Å². The lowest BCUT2D eigenvalue weighted by Crippen LogP contribution is -2.13. The van der Waals surface area contributed by atoms with Gasteiger partial charge in [-0.25, -0.2) is 18.6 Å². The van der Waals surface area contributed by atoms with Crippen LogP contribution in [0.5, 0.6) is 0 Å². The number of anilines is 1. The monoisotopic (exact) mass is 250 g/mol. The summed E-state index contributed by atoms with van der Waals surface area (Å²) in [5, 5.41) is 0. The summed E-state index contributed by atoms with van der Waals surface area (Å²) in [5.74, 6) is -1.01. The van der Waals surface area contributed by atoms with Crippen molar-refractivity contribution in [3.05, 3.63) is 23.0 Å². The van der Waals surface area contributed by atoms with E-state index in [1.54, 1.807) is 0 Å². The first kappa shape index (κ1) is 12.6. The third-order valence-corrected chi connectivity index (χ3v) is 2.27. The van der Waals surface area contributed by atoms with Crippen molar-refractivity contribution in [1.82, 2.24) is 4.98 Å². The molecule has 2 N–H and O–H groups in total. The van der Waals surface area contributed by atoms with Crippen LogP contribution < -0.4 is 5.73 Å². The van der Waals surface area contributed by atoms with Crippen LogP contribution in [0.25, 0.3) is 0 Å². The molecule has 1 heterocycles. The molecule has 0 aromatic carbocycles. The molecule has 0 unspecified atom stereocenters. The number of carbonyl (C=O) groups is 1. The molecule has 1 aromatic heterocycles. The normalized spacial score (nSPS) is 10.6. The number of nitrogen functional groups attached to an aromatic ring is 1. The molecule has 4 nitrogen and oxygen atoms in total. The number of hydrogen-bond acceptors (Lipinski definition) is 4. The zero-order valence-corrected chi connectivity index (χ0v) is 9.09. The highest BCUT2D eigenvalue weighted by Gasteiger charge is 2.25. The zero-order chi connectivity index (χ0) is 12.3. The lowest BCUT2D eigenvalue weighted by atomic mass is 10.1. The Labute approximate surface area is 95.4 Å². The van der Waals surface area contributed by atoms with Gasteiger partial charge in [0, 0.05) is 17.4 Å². The Morgan fingerprint density at radius 3 is 2.75 bits per heavy atom. The number of rotatable bonds is 3. The Bertz CT molecular complexity index is 413. The maximum Gasteiger partial charge on any atom is 0.357 e. The van der Waals surface area contributed by atoms with Crippen LogP contribution in [0.3, 0.4) is 0 Å². The number of pyridine rings is 1. The number of aromatic nitrogens is 1. The molecule has 16 heavy (non-hydrogen) atoms. The first-order chi connectivity index (χ1) is 7.52. The molecule has 1 aromatic rings. The van der Waals surface area contributed by atoms with Gasteiger partial charge < -0.3 is 10.5 Å². The second kappa shape index (κ2) is 5.07. The third kappa shape index (κ3) is 2.21. The molecule has 0 amide bonds. The van der Waals surface area contributed by atoms with Crippen LogP contribution in [-0.2, 0) is 10.6 Å². The molecule has 0 aliphatic rings. The third-order valence-electron chi connectivity index (χ3n) is 1.98. The Kier molecular flexibility index (Phi) is 4.00. The summed E-state index contributed by atoms with van der Waals surface area (Å²) in [6.07, 6.45) is -1.73. The van der Waals surface area contributed by atoms with E-state index >= 15 is 0 Å². The maximum absolute atomic E-state index is 12.7. The van der Waals surface area contributed by atoms with Gasteiger partial charge in [0.15, 0.2) is 5.69 Å². The van der Waals surface area contributed by atoms with Gasteiger partial charge in [0.05, 0.1) is 18.6 Å². The van der Waals surface area contributed by atoms with Crippen molar-refractivity contribution >= 4 is 23.3 Å². The summed E-state index contributed by atoms with van der Waals surface area (Å²) in [6.45, 7) is 0. The number of hydrogen-bond donors (Lipinski definition) is 1. The second-order valence-corrected chi connectivity index (χ2v) is 3.15. The second-order valence-electron chi connectivity index (χ2n) is 2.89. The molecule has 1 rings (SSSR count). The molecular weight excluding hydrogens is 242 g/mol. The first-order valence-electron chi connectivity index (χ1n) is 4.22. The van der Waals surface area contributed by atoms with Gasteiger partial charge in [-0.15, -0.1) is 11.6 Å². The highest BCUT2D eigenvalue weighted by molar-refractivity contribution is 6.17. The van der Waals surface area contributed by atoms with E-state index in [0.717, 1.165) is 7.11 Å². The fraction of sp³-hybridized carbons (Fsp3) is 0.333. The molecule has 0 radical (unpaired) electrons. The van der Waals surface area contributed by atoms with Crippen LogP contribution in [0, 0.1) is 0 Å². The predicted octanol–water partition coefficient (Wildman–Crippen LogP) is 2.13. The van der Waals surface area contributed by atoms with Crippen LogP contribution in [0.15, 0.2) is 6.20 Å². The van der Waals surface area contributed by atoms with E-state index in [-0.39, 0.29) is 17.1 Å². The molecule has 0 aliphatic heterocycles. The van der Waals surface area contributed by atoms with Gasteiger partial charge in [-0.3, -0.25) is 0 Å². The highest BCUT2D eigenvalue weighted by atomic mass is 35.5. The average molecular weight is 251 g/mol. The van der Waals surface area contributed by atoms with E-state index in [4.69, 9.17) is 17.3 Å². The van der Waals surface area contributed by atoms with Crippen LogP contribution in [0.2, 0.25) is 0 Å². The smallest absolute Gasteiger partial charge is 0.357 e. The Morgan fingerprint density at radius 2 is 2.31 bits per heavy atom. The minimum Gasteiger partial charge on any atom is -0.464 e. The van der Waals surface area contributed by atoms with Crippen molar-refractivity contribution in [3.63, 3.8) is 0 Å². The number of alkyl halides is 3. The molecule has 0 saturated carbocycles. The number of esters is 1. The lowest BCUT2D eigenvalue weighted by Gasteiger charge is -2.11. The largest absolute Gasteiger partial charge is 0.464 e. The lowest BCUT2D eigenvalue weighted by molar-refractivity contribution is 0.0582. The van der Waals surface area contributed by atoms with Gasteiger partial charge >= 0.3 is 5.97 Å². The van der Waals surface area contributed by atoms with Gasteiger partial charge in [0.2, 0.25) is 0 Å². The molecule has 0 saturated heterocycles. The van der Waals surface area contributed by atoms with Crippen LogP contribution in [0.4, 0.5) is 14.5 Å². The first-order valence-corrected chi connectivity index (χ1v) is 4.76. The van der Waals surface area contributed by atoms with E-state index in [0.29, 0.717) is 0 Å². The predicted molar refractivity (Wildman–Crippen MR) is 54.5 cm³/mol. The molecule has 0 aliphatic carbocycles. The van der Waals surface area contributed by atoms with Crippen molar-refractivity contribution in [1.29, 1.82) is 0 Å². The van der Waals surface area contributed by atoms with Crippen LogP contribution in [-0.4, -0.2) is 18.1 Å². The molecule has 0 bridgehead atoms. The average Bonchev–Trinajstić information content (AvgIpc) is 2.26. The summed E-state index contributed by atoms with van der Waals surface area (Å²) in [4.78, 5) is 14.8. The molecule has 0 fully saturated rings. The zero-order valence-electron chi connectivity index (χ0n) is 8.34. The number of nitrogens with zero attached hydrogens (tertiary/aromatic N) is 1. The number of nitrogens with two attached hydrogens (primary N) is 1. The van der Waals surface area contributed by atoms with Crippen molar-refractivity contribution in [3.8, 4) is 0 Å². The quantitative estimate of drug-likeness (QED) is 0.659. The maximum atomic E-state index is 12.7. The van der Waals surface area contributed by atoms with E-state index in [2.05, 4.69) is 9.72 Å². The number of ether oxygens (including phenoxy) is 1. The van der Waals surface area contributed by atoms with Crippen LogP contribution >= 0.6 is 11.6 Å². The SMILES string of the molecule is COC(=O)c1ncc(CCl)c(N)c1C(F)F. The summed E-state index contributed by atoms with van der Waals surface area (Å²) in [7, 11) is 1.07. The van der Waals surface area contributed by atoms with Crippen molar-refractivity contribution < 1.29 is 18.3 Å². The fourth-order valence-electron chi connectivity index (χ4n) is 1.17. The fourth-order valence-corrected chi connectivity index (χ4v) is 1.38. The van der Waals surface area contributed by atoms with E-state index in [1.807, 2.05) is 0 Å². The molecule has 7 heteroatoms. The van der Waals surface area contributed by atoms with Gasteiger partial charge in [0.1, 0.15) is 0 Å². The summed E-state index contributed by atoms with van der Waals surface area (Å²) >= 11 is 5.49. The van der Waals surface area contributed by atoms with E-state index < -0.39 is 23.7 Å². The number of carbonyl (C=O) groups excluding carboxylic acids is 1. The Hall–Kier alpha value is -1.43. The van der Waals surface area contributed by atoms with Gasteiger partial charge in [0.25, 0.3) is 6.43 Å². The molecule has 88 valence electrons. The van der Waals surface area contributed by atoms with Crippen molar-refractivity contribution in [2.75, 3.05) is 12.8 Å². The number of halogens is 3. The van der Waals surface area contributed by atoms with E-state index in [1.165, 1.54) is 6.20 Å².